The van der Waals surface area contributed by atoms with Crippen LogP contribution in [0.1, 0.15) is 38.2 Å². The van der Waals surface area contributed by atoms with Gasteiger partial charge in [-0.3, -0.25) is 4.79 Å². The van der Waals surface area contributed by atoms with Crippen LogP contribution in [0, 0.1) is 5.92 Å². The van der Waals surface area contributed by atoms with Gasteiger partial charge in [-0.15, -0.1) is 12.4 Å². The van der Waals surface area contributed by atoms with Gasteiger partial charge in [0.05, 0.1) is 5.92 Å². The van der Waals surface area contributed by atoms with Crippen molar-refractivity contribution in [1.82, 2.24) is 10.6 Å². The lowest BCUT2D eigenvalue weighted by atomic mass is 9.85. The Bertz CT molecular complexity index is 370. The minimum Gasteiger partial charge on any atom is -0.356 e. The van der Waals surface area contributed by atoms with Crippen LogP contribution in [0.25, 0.3) is 0 Å². The molecule has 0 saturated carbocycles. The zero-order chi connectivity index (χ0) is 14.1. The van der Waals surface area contributed by atoms with Crippen LogP contribution in [0.4, 0.5) is 0 Å². The summed E-state index contributed by atoms with van der Waals surface area (Å²) in [5, 5.41) is 6.14. The maximum Gasteiger partial charge on any atom is 0.227 e. The van der Waals surface area contributed by atoms with Gasteiger partial charge in [0.15, 0.2) is 0 Å². The Morgan fingerprint density at radius 3 is 2.40 bits per heavy atom. The van der Waals surface area contributed by atoms with Crippen LogP contribution in [0.2, 0.25) is 0 Å². The van der Waals surface area contributed by atoms with Gasteiger partial charge in [-0.25, -0.2) is 0 Å². The van der Waals surface area contributed by atoms with Gasteiger partial charge < -0.3 is 10.6 Å². The molecule has 1 rings (SSSR count). The molecular formula is C16H27ClN2O. The minimum absolute atomic E-state index is 0. The summed E-state index contributed by atoms with van der Waals surface area (Å²) in [6.45, 7) is 5.94. The van der Waals surface area contributed by atoms with E-state index in [4.69, 9.17) is 0 Å². The first-order chi connectivity index (χ1) is 9.20. The first-order valence-electron chi connectivity index (χ1n) is 7.18. The van der Waals surface area contributed by atoms with E-state index in [2.05, 4.69) is 24.5 Å². The number of amides is 1. The summed E-state index contributed by atoms with van der Waals surface area (Å²) in [5.41, 5.74) is 1.11. The van der Waals surface area contributed by atoms with Crippen molar-refractivity contribution in [2.24, 2.45) is 5.92 Å². The van der Waals surface area contributed by atoms with Crippen molar-refractivity contribution in [2.75, 3.05) is 20.1 Å². The highest BCUT2D eigenvalue weighted by atomic mass is 35.5. The summed E-state index contributed by atoms with van der Waals surface area (Å²) in [6.07, 6.45) is 1.97. The van der Waals surface area contributed by atoms with Crippen LogP contribution in [0.3, 0.4) is 0 Å². The monoisotopic (exact) mass is 298 g/mol. The molecule has 2 unspecified atom stereocenters. The number of carbonyl (C=O) groups excluding carboxylic acids is 1. The fraction of sp³-hybridized carbons (Fsp3) is 0.562. The normalized spacial score (nSPS) is 13.2. The molecule has 1 aromatic rings. The molecule has 20 heavy (non-hydrogen) atoms. The smallest absolute Gasteiger partial charge is 0.227 e. The second-order valence-electron chi connectivity index (χ2n) is 5.02. The van der Waals surface area contributed by atoms with E-state index < -0.39 is 0 Å². The summed E-state index contributed by atoms with van der Waals surface area (Å²) in [6, 6.07) is 10.1. The lowest BCUT2D eigenvalue weighted by molar-refractivity contribution is -0.123. The Labute approximate surface area is 128 Å². The number of halogens is 1. The van der Waals surface area contributed by atoms with Crippen molar-refractivity contribution in [3.8, 4) is 0 Å². The number of carbonyl (C=O) groups is 1. The van der Waals surface area contributed by atoms with Gasteiger partial charge in [0, 0.05) is 6.54 Å². The van der Waals surface area contributed by atoms with Gasteiger partial charge in [-0.2, -0.15) is 0 Å². The third-order valence-electron chi connectivity index (χ3n) is 3.56. The average Bonchev–Trinajstić information content (AvgIpc) is 2.45. The number of hydrogen-bond acceptors (Lipinski definition) is 2. The molecule has 2 N–H and O–H groups in total. The van der Waals surface area contributed by atoms with Crippen LogP contribution in [0.5, 0.6) is 0 Å². The number of benzene rings is 1. The van der Waals surface area contributed by atoms with Crippen molar-refractivity contribution in [3.05, 3.63) is 35.9 Å². The highest BCUT2D eigenvalue weighted by Crippen LogP contribution is 2.26. The van der Waals surface area contributed by atoms with Crippen LogP contribution in [-0.2, 0) is 4.79 Å². The predicted molar refractivity (Wildman–Crippen MR) is 87.4 cm³/mol. The summed E-state index contributed by atoms with van der Waals surface area (Å²) < 4.78 is 0. The Morgan fingerprint density at radius 2 is 1.85 bits per heavy atom. The van der Waals surface area contributed by atoms with E-state index in [0.717, 1.165) is 31.5 Å². The molecule has 1 amide bonds. The van der Waals surface area contributed by atoms with Gasteiger partial charge in [0.2, 0.25) is 5.91 Å². The van der Waals surface area contributed by atoms with Gasteiger partial charge in [0.1, 0.15) is 0 Å². The van der Waals surface area contributed by atoms with Crippen LogP contribution in [-0.4, -0.2) is 26.0 Å². The highest BCUT2D eigenvalue weighted by molar-refractivity contribution is 5.85. The van der Waals surface area contributed by atoms with Gasteiger partial charge >= 0.3 is 0 Å². The lowest BCUT2D eigenvalue weighted by Crippen LogP contribution is -2.34. The second kappa shape index (κ2) is 10.7. The Hall–Kier alpha value is -1.06. The molecular weight excluding hydrogens is 272 g/mol. The molecule has 4 heteroatoms. The van der Waals surface area contributed by atoms with Gasteiger partial charge in [0.25, 0.3) is 0 Å². The van der Waals surface area contributed by atoms with Crippen LogP contribution >= 0.6 is 12.4 Å². The Balaban J connectivity index is 0.00000361. The fourth-order valence-electron chi connectivity index (χ4n) is 2.22. The van der Waals surface area contributed by atoms with E-state index in [1.54, 1.807) is 0 Å². The first kappa shape index (κ1) is 18.9. The van der Waals surface area contributed by atoms with Gasteiger partial charge in [-0.05, 0) is 31.5 Å². The van der Waals surface area contributed by atoms with Crippen molar-refractivity contribution < 1.29 is 4.79 Å². The summed E-state index contributed by atoms with van der Waals surface area (Å²) >= 11 is 0. The third-order valence-corrected chi connectivity index (χ3v) is 3.56. The van der Waals surface area contributed by atoms with E-state index in [-0.39, 0.29) is 24.2 Å². The molecule has 3 nitrogen and oxygen atoms in total. The molecule has 0 spiro atoms. The lowest BCUT2D eigenvalue weighted by Gasteiger charge is -2.22. The van der Waals surface area contributed by atoms with Gasteiger partial charge in [-0.1, -0.05) is 50.6 Å². The molecule has 2 atom stereocenters. The van der Waals surface area contributed by atoms with E-state index in [1.807, 2.05) is 37.4 Å². The molecule has 0 aliphatic carbocycles. The Kier molecular flexibility index (Phi) is 10.1. The summed E-state index contributed by atoms with van der Waals surface area (Å²) in [5.74, 6) is 0.462. The van der Waals surface area contributed by atoms with E-state index in [0.29, 0.717) is 5.92 Å². The van der Waals surface area contributed by atoms with Crippen LogP contribution < -0.4 is 10.6 Å². The van der Waals surface area contributed by atoms with Crippen molar-refractivity contribution >= 4 is 18.3 Å². The molecule has 0 heterocycles. The molecule has 0 aliphatic heterocycles. The molecule has 114 valence electrons. The molecule has 0 saturated heterocycles. The molecule has 0 aromatic heterocycles. The molecule has 1 aromatic carbocycles. The van der Waals surface area contributed by atoms with Crippen molar-refractivity contribution in [3.63, 3.8) is 0 Å². The number of nitrogens with one attached hydrogen (secondary N) is 2. The largest absolute Gasteiger partial charge is 0.356 e. The number of hydrogen-bond donors (Lipinski definition) is 2. The SMILES string of the molecule is CCC(C)C(C(=O)NCCCNC)c1ccccc1.Cl. The fourth-order valence-corrected chi connectivity index (χ4v) is 2.22. The molecule has 0 bridgehead atoms. The van der Waals surface area contributed by atoms with Crippen molar-refractivity contribution in [2.45, 2.75) is 32.6 Å². The molecule has 0 radical (unpaired) electrons. The Morgan fingerprint density at radius 1 is 1.20 bits per heavy atom. The highest BCUT2D eigenvalue weighted by Gasteiger charge is 2.25. The third kappa shape index (κ3) is 5.93. The predicted octanol–water partition coefficient (Wildman–Crippen LogP) is 2.96. The maximum atomic E-state index is 12.4. The van der Waals surface area contributed by atoms with Crippen LogP contribution in [0.15, 0.2) is 30.3 Å². The zero-order valence-corrected chi connectivity index (χ0v) is 13.5. The average molecular weight is 299 g/mol. The second-order valence-corrected chi connectivity index (χ2v) is 5.02. The topological polar surface area (TPSA) is 41.1 Å². The minimum atomic E-state index is -0.0409. The van der Waals surface area contributed by atoms with Crippen molar-refractivity contribution in [1.29, 1.82) is 0 Å². The number of rotatable bonds is 8. The standard InChI is InChI=1S/C16H26N2O.ClH/c1-4-13(2)15(14-9-6-5-7-10-14)16(19)18-12-8-11-17-3;/h5-7,9-10,13,15,17H,4,8,11-12H2,1-3H3,(H,18,19);1H. The summed E-state index contributed by atoms with van der Waals surface area (Å²) in [7, 11) is 1.92. The van der Waals surface area contributed by atoms with E-state index in [9.17, 15) is 4.79 Å². The van der Waals surface area contributed by atoms with E-state index >= 15 is 0 Å². The molecule has 0 aliphatic rings. The summed E-state index contributed by atoms with van der Waals surface area (Å²) in [4.78, 5) is 12.4. The quantitative estimate of drug-likeness (QED) is 0.725. The zero-order valence-electron chi connectivity index (χ0n) is 12.7. The van der Waals surface area contributed by atoms with E-state index in [1.165, 1.54) is 0 Å². The first-order valence-corrected chi connectivity index (χ1v) is 7.18. The maximum absolute atomic E-state index is 12.4. The molecule has 0 fully saturated rings.